The first-order valence-corrected chi connectivity index (χ1v) is 13.8. The number of anilines is 2. The van der Waals surface area contributed by atoms with Gasteiger partial charge >= 0.3 is 6.18 Å². The van der Waals surface area contributed by atoms with E-state index in [4.69, 9.17) is 0 Å². The molecule has 2 N–H and O–H groups in total. The van der Waals surface area contributed by atoms with Crippen LogP contribution >= 0.6 is 0 Å². The summed E-state index contributed by atoms with van der Waals surface area (Å²) in [6.45, 7) is 3.29. The van der Waals surface area contributed by atoms with E-state index < -0.39 is 36.2 Å². The zero-order valence-electron chi connectivity index (χ0n) is 23.0. The van der Waals surface area contributed by atoms with Crippen molar-refractivity contribution in [2.75, 3.05) is 31.5 Å². The molecule has 1 saturated carbocycles. The van der Waals surface area contributed by atoms with Crippen LogP contribution in [-0.4, -0.2) is 78.7 Å². The van der Waals surface area contributed by atoms with Gasteiger partial charge in [0.2, 0.25) is 11.9 Å². The van der Waals surface area contributed by atoms with Gasteiger partial charge in [0, 0.05) is 74.6 Å². The van der Waals surface area contributed by atoms with Gasteiger partial charge in [-0.05, 0) is 36.8 Å². The number of amides is 1. The van der Waals surface area contributed by atoms with E-state index in [1.807, 2.05) is 13.0 Å². The topological polar surface area (TPSA) is 95.0 Å². The van der Waals surface area contributed by atoms with Crippen LogP contribution in [0.2, 0.25) is 0 Å². The van der Waals surface area contributed by atoms with Gasteiger partial charge < -0.3 is 15.2 Å². The number of pyridine rings is 1. The first-order valence-electron chi connectivity index (χ1n) is 13.8. The molecule has 2 aliphatic rings. The zero-order chi connectivity index (χ0) is 30.5. The van der Waals surface area contributed by atoms with Crippen molar-refractivity contribution >= 4 is 28.7 Å². The van der Waals surface area contributed by atoms with Gasteiger partial charge in [-0.2, -0.15) is 18.3 Å². The van der Waals surface area contributed by atoms with Gasteiger partial charge in [0.05, 0.1) is 11.7 Å². The number of nitrogens with one attached hydrogen (secondary N) is 2. The maximum atomic E-state index is 15.5. The van der Waals surface area contributed by atoms with Crippen LogP contribution in [-0.2, 0) is 11.3 Å². The molecular formula is C28H28F6N8O. The van der Waals surface area contributed by atoms with Crippen LogP contribution in [0.1, 0.15) is 31.4 Å². The molecule has 0 radical (unpaired) electrons. The number of fused-ring (bicyclic) bond motifs is 1. The van der Waals surface area contributed by atoms with E-state index in [1.54, 1.807) is 30.6 Å². The summed E-state index contributed by atoms with van der Waals surface area (Å²) in [5.74, 6) is -4.19. The normalized spacial score (nSPS) is 19.5. The summed E-state index contributed by atoms with van der Waals surface area (Å²) in [6.07, 6.45) is -1.56. The van der Waals surface area contributed by atoms with Gasteiger partial charge in [0.1, 0.15) is 17.8 Å². The Bertz CT molecular complexity index is 1640. The van der Waals surface area contributed by atoms with Crippen LogP contribution in [0.3, 0.4) is 0 Å². The smallest absolute Gasteiger partial charge is 0.340 e. The van der Waals surface area contributed by atoms with Crippen LogP contribution in [0.25, 0.3) is 22.2 Å². The van der Waals surface area contributed by atoms with Crippen LogP contribution in [0, 0.1) is 11.7 Å². The Morgan fingerprint density at radius 2 is 1.93 bits per heavy atom. The minimum absolute atomic E-state index is 0.0670. The van der Waals surface area contributed by atoms with Crippen molar-refractivity contribution in [2.24, 2.45) is 5.92 Å². The number of rotatable bonds is 8. The number of alkyl halides is 5. The Balaban J connectivity index is 1.11. The molecule has 1 amide bonds. The fraction of sp³-hybridized carbons (Fsp3) is 0.429. The molecule has 6 rings (SSSR count). The number of H-pyrrole nitrogens is 1. The quantitative estimate of drug-likeness (QED) is 0.257. The average Bonchev–Trinajstić information content (AvgIpc) is 3.28. The highest BCUT2D eigenvalue weighted by Gasteiger charge is 2.56. The second kappa shape index (κ2) is 10.8. The van der Waals surface area contributed by atoms with Crippen LogP contribution in [0.15, 0.2) is 42.9 Å². The second-order valence-corrected chi connectivity index (χ2v) is 11.0. The highest BCUT2D eigenvalue weighted by molar-refractivity contribution is 5.84. The first-order chi connectivity index (χ1) is 20.4. The van der Waals surface area contributed by atoms with Gasteiger partial charge in [-0.15, -0.1) is 0 Å². The second-order valence-electron chi connectivity index (χ2n) is 11.0. The van der Waals surface area contributed by atoms with Gasteiger partial charge in [-0.3, -0.25) is 14.4 Å². The minimum Gasteiger partial charge on any atom is -0.340 e. The molecule has 1 aliphatic heterocycles. The predicted molar refractivity (Wildman–Crippen MR) is 145 cm³/mol. The van der Waals surface area contributed by atoms with E-state index >= 15 is 4.39 Å². The van der Waals surface area contributed by atoms with Crippen molar-refractivity contribution in [3.8, 4) is 11.1 Å². The molecule has 15 heteroatoms. The number of piperazine rings is 1. The molecule has 0 bridgehead atoms. The van der Waals surface area contributed by atoms with Crippen LogP contribution in [0.5, 0.6) is 0 Å². The van der Waals surface area contributed by atoms with Crippen molar-refractivity contribution in [1.29, 1.82) is 0 Å². The van der Waals surface area contributed by atoms with E-state index in [-0.39, 0.29) is 49.1 Å². The standard InChI is InChI=1S/C28H28F6N8O/c1-16(40-6-8-41(9-7-40)23(43)12-28(32,33)34)17-4-5-35-22(10-17)38-26-37-21-3-2-20(24(29)25(21)39-26)18-13-36-42(14-18)15-19-11-27(19,30)31/h2-5,10,13-14,16,19H,6-9,11-12,15H2,1H3,(H2,35,37,38,39). The predicted octanol–water partition coefficient (Wildman–Crippen LogP) is 5.52. The number of hydrogen-bond acceptors (Lipinski definition) is 6. The number of nitrogens with zero attached hydrogens (tertiary/aromatic N) is 6. The third kappa shape index (κ3) is 6.31. The number of hydrogen-bond donors (Lipinski definition) is 2. The number of carbonyl (C=O) groups excluding carboxylic acids is 1. The van der Waals surface area contributed by atoms with Gasteiger partial charge in [0.15, 0.2) is 5.82 Å². The van der Waals surface area contributed by atoms with Crippen molar-refractivity contribution in [1.82, 2.24) is 34.5 Å². The van der Waals surface area contributed by atoms with Gasteiger partial charge in [-0.1, -0.05) is 0 Å². The van der Waals surface area contributed by atoms with Crippen molar-refractivity contribution in [3.63, 3.8) is 0 Å². The van der Waals surface area contributed by atoms with Gasteiger partial charge in [-0.25, -0.2) is 23.1 Å². The SMILES string of the molecule is CC(c1ccnc(Nc2nc3ccc(-c4cnn(CC5CC5(F)F)c4)c(F)c3[nH]2)c1)N1CCN(C(=O)CC(F)(F)F)CC1. The average molecular weight is 607 g/mol. The number of halogens is 6. The molecule has 43 heavy (non-hydrogen) atoms. The summed E-state index contributed by atoms with van der Waals surface area (Å²) in [6, 6.07) is 6.73. The molecule has 4 heterocycles. The molecule has 4 aromatic rings. The molecule has 1 aliphatic carbocycles. The highest BCUT2D eigenvalue weighted by atomic mass is 19.4. The fourth-order valence-electron chi connectivity index (χ4n) is 5.37. The monoisotopic (exact) mass is 606 g/mol. The first kappa shape index (κ1) is 29.0. The number of aromatic amines is 1. The lowest BCUT2D eigenvalue weighted by atomic mass is 10.1. The molecule has 1 aromatic carbocycles. The summed E-state index contributed by atoms with van der Waals surface area (Å²) in [5.41, 5.74) is 2.13. The lowest BCUT2D eigenvalue weighted by Gasteiger charge is -2.38. The number of aromatic nitrogens is 5. The maximum Gasteiger partial charge on any atom is 0.397 e. The molecule has 1 saturated heterocycles. The van der Waals surface area contributed by atoms with E-state index in [0.717, 1.165) is 5.56 Å². The molecule has 0 spiro atoms. The van der Waals surface area contributed by atoms with Crippen LogP contribution < -0.4 is 5.32 Å². The Morgan fingerprint density at radius 1 is 1.19 bits per heavy atom. The molecule has 9 nitrogen and oxygen atoms in total. The lowest BCUT2D eigenvalue weighted by Crippen LogP contribution is -2.50. The largest absolute Gasteiger partial charge is 0.397 e. The van der Waals surface area contributed by atoms with Crippen LogP contribution in [0.4, 0.5) is 38.1 Å². The fourth-order valence-corrected chi connectivity index (χ4v) is 5.37. The molecule has 2 fully saturated rings. The zero-order valence-corrected chi connectivity index (χ0v) is 23.0. The molecule has 3 aromatic heterocycles. The number of carbonyl (C=O) groups is 1. The van der Waals surface area contributed by atoms with Crippen molar-refractivity contribution in [2.45, 2.75) is 44.5 Å². The van der Waals surface area contributed by atoms with E-state index in [0.29, 0.717) is 30.0 Å². The third-order valence-electron chi connectivity index (χ3n) is 7.98. The summed E-state index contributed by atoms with van der Waals surface area (Å²) >= 11 is 0. The molecule has 2 unspecified atom stereocenters. The molecular weight excluding hydrogens is 578 g/mol. The number of imidazole rings is 1. The third-order valence-corrected chi connectivity index (χ3v) is 7.98. The Kier molecular flexibility index (Phi) is 7.30. The number of benzene rings is 1. The molecule has 2 atom stereocenters. The van der Waals surface area contributed by atoms with Crippen molar-refractivity contribution < 1.29 is 31.1 Å². The van der Waals surface area contributed by atoms with Gasteiger partial charge in [0.25, 0.3) is 5.92 Å². The minimum atomic E-state index is -4.53. The van der Waals surface area contributed by atoms with E-state index in [1.165, 1.54) is 15.8 Å². The van der Waals surface area contributed by atoms with E-state index in [9.17, 15) is 26.7 Å². The molecule has 228 valence electrons. The Labute approximate surface area is 241 Å². The lowest BCUT2D eigenvalue weighted by molar-refractivity contribution is -0.162. The highest BCUT2D eigenvalue weighted by Crippen LogP contribution is 2.49. The maximum absolute atomic E-state index is 15.5. The summed E-state index contributed by atoms with van der Waals surface area (Å²) < 4.78 is 81.2. The van der Waals surface area contributed by atoms with Crippen molar-refractivity contribution in [3.05, 3.63) is 54.2 Å². The van der Waals surface area contributed by atoms with E-state index in [2.05, 4.69) is 30.3 Å². The summed E-state index contributed by atoms with van der Waals surface area (Å²) in [4.78, 5) is 26.9. The Hall–Kier alpha value is -4.14. The summed E-state index contributed by atoms with van der Waals surface area (Å²) in [5, 5.41) is 7.16. The summed E-state index contributed by atoms with van der Waals surface area (Å²) in [7, 11) is 0. The Morgan fingerprint density at radius 3 is 2.63 bits per heavy atom.